The molecule has 0 saturated heterocycles. The molecule has 0 aliphatic heterocycles. The van der Waals surface area contributed by atoms with Gasteiger partial charge in [-0.05, 0) is 68.3 Å². The molecule has 0 aromatic rings. The summed E-state index contributed by atoms with van der Waals surface area (Å²) < 4.78 is 0. The van der Waals surface area contributed by atoms with Gasteiger partial charge in [0.15, 0.2) is 0 Å². The standard InChI is InChI=1S/C20H32O4/c1-13(17(22)12-21)9-11-19(3)14(2)7-8-16-15(19)6-5-10-20(16,4)18(23)24/h6,14,16-17,21-22H,1,5,7-12H2,2-4H3,(H,23,24). The van der Waals surface area contributed by atoms with Crippen molar-refractivity contribution in [1.29, 1.82) is 0 Å². The molecule has 0 radical (unpaired) electrons. The van der Waals surface area contributed by atoms with Crippen LogP contribution in [0, 0.1) is 22.7 Å². The Kier molecular flexibility index (Phi) is 5.61. The number of fused-ring (bicyclic) bond motifs is 1. The van der Waals surface area contributed by atoms with E-state index >= 15 is 0 Å². The zero-order valence-electron chi connectivity index (χ0n) is 15.2. The first-order valence-corrected chi connectivity index (χ1v) is 9.07. The van der Waals surface area contributed by atoms with E-state index < -0.39 is 17.5 Å². The molecule has 0 bridgehead atoms. The number of aliphatic hydroxyl groups is 2. The van der Waals surface area contributed by atoms with E-state index in [-0.39, 0.29) is 17.9 Å². The third-order valence-corrected chi connectivity index (χ3v) is 6.91. The van der Waals surface area contributed by atoms with Crippen LogP contribution in [0.3, 0.4) is 0 Å². The van der Waals surface area contributed by atoms with Crippen LogP contribution < -0.4 is 0 Å². The monoisotopic (exact) mass is 336 g/mol. The fraction of sp³-hybridized carbons (Fsp3) is 0.750. The first-order valence-electron chi connectivity index (χ1n) is 9.07. The minimum absolute atomic E-state index is 0.0713. The summed E-state index contributed by atoms with van der Waals surface area (Å²) in [4.78, 5) is 11.9. The zero-order chi connectivity index (χ0) is 18.1. The van der Waals surface area contributed by atoms with Gasteiger partial charge >= 0.3 is 5.97 Å². The summed E-state index contributed by atoms with van der Waals surface area (Å²) in [5.74, 6) is -0.119. The lowest BCUT2D eigenvalue weighted by Crippen LogP contribution is -2.47. The smallest absolute Gasteiger partial charge is 0.309 e. The Morgan fingerprint density at radius 2 is 2.08 bits per heavy atom. The molecule has 2 rings (SSSR count). The number of carboxylic acid groups (broad SMARTS) is 1. The van der Waals surface area contributed by atoms with Gasteiger partial charge in [0.25, 0.3) is 0 Å². The molecule has 0 amide bonds. The minimum Gasteiger partial charge on any atom is -0.481 e. The second kappa shape index (κ2) is 7.01. The summed E-state index contributed by atoms with van der Waals surface area (Å²) in [7, 11) is 0. The molecule has 4 nitrogen and oxygen atoms in total. The summed E-state index contributed by atoms with van der Waals surface area (Å²) in [5.41, 5.74) is 1.21. The summed E-state index contributed by atoms with van der Waals surface area (Å²) in [6.07, 6.45) is 6.37. The van der Waals surface area contributed by atoms with Crippen LogP contribution >= 0.6 is 0 Å². The van der Waals surface area contributed by atoms with Gasteiger partial charge < -0.3 is 15.3 Å². The average molecular weight is 336 g/mol. The number of hydrogen-bond donors (Lipinski definition) is 3. The Hall–Kier alpha value is -1.13. The molecule has 0 aromatic carbocycles. The molecule has 0 spiro atoms. The average Bonchev–Trinajstić information content (AvgIpc) is 2.55. The molecule has 5 unspecified atom stereocenters. The first-order chi connectivity index (χ1) is 11.2. The lowest BCUT2D eigenvalue weighted by molar-refractivity contribution is -0.152. The SMILES string of the molecule is C=C(CCC1(C)C2=CCCC(C)(C(=O)O)C2CCC1C)C(O)CO. The van der Waals surface area contributed by atoms with Crippen molar-refractivity contribution in [1.82, 2.24) is 0 Å². The van der Waals surface area contributed by atoms with Gasteiger partial charge in [-0.3, -0.25) is 4.79 Å². The predicted octanol–water partition coefficient (Wildman–Crippen LogP) is 3.54. The van der Waals surface area contributed by atoms with Crippen LogP contribution in [0.25, 0.3) is 0 Å². The van der Waals surface area contributed by atoms with E-state index in [1.165, 1.54) is 5.57 Å². The maximum absolute atomic E-state index is 11.9. The van der Waals surface area contributed by atoms with Crippen molar-refractivity contribution >= 4 is 5.97 Å². The van der Waals surface area contributed by atoms with E-state index in [9.17, 15) is 15.0 Å². The van der Waals surface area contributed by atoms with Crippen LogP contribution in [0.1, 0.15) is 59.3 Å². The Balaban J connectivity index is 2.26. The van der Waals surface area contributed by atoms with E-state index in [2.05, 4.69) is 26.5 Å². The molecule has 1 saturated carbocycles. The molecule has 2 aliphatic carbocycles. The van der Waals surface area contributed by atoms with Crippen molar-refractivity contribution < 1.29 is 20.1 Å². The maximum Gasteiger partial charge on any atom is 0.309 e. The van der Waals surface area contributed by atoms with E-state index in [4.69, 9.17) is 5.11 Å². The quantitative estimate of drug-likeness (QED) is 0.648. The van der Waals surface area contributed by atoms with E-state index in [1.807, 2.05) is 6.92 Å². The van der Waals surface area contributed by atoms with Gasteiger partial charge in [-0.25, -0.2) is 0 Å². The van der Waals surface area contributed by atoms with Crippen molar-refractivity contribution in [2.24, 2.45) is 22.7 Å². The largest absolute Gasteiger partial charge is 0.481 e. The third kappa shape index (κ3) is 3.18. The predicted molar refractivity (Wildman–Crippen MR) is 94.5 cm³/mol. The Morgan fingerprint density at radius 3 is 2.67 bits per heavy atom. The molecule has 0 heterocycles. The Labute approximate surface area is 145 Å². The van der Waals surface area contributed by atoms with E-state index in [0.29, 0.717) is 24.3 Å². The van der Waals surface area contributed by atoms with Crippen LogP contribution in [-0.4, -0.2) is 34.0 Å². The van der Waals surface area contributed by atoms with Crippen LogP contribution in [0.15, 0.2) is 23.8 Å². The molecular weight excluding hydrogens is 304 g/mol. The van der Waals surface area contributed by atoms with Crippen molar-refractivity contribution in [3.8, 4) is 0 Å². The second-order valence-electron chi connectivity index (χ2n) is 8.23. The summed E-state index contributed by atoms with van der Waals surface area (Å²) >= 11 is 0. The molecule has 5 atom stereocenters. The van der Waals surface area contributed by atoms with Crippen LogP contribution in [-0.2, 0) is 4.79 Å². The normalized spacial score (nSPS) is 37.3. The highest BCUT2D eigenvalue weighted by atomic mass is 16.4. The van der Waals surface area contributed by atoms with Gasteiger partial charge in [0, 0.05) is 0 Å². The number of carboxylic acids is 1. The topological polar surface area (TPSA) is 77.8 Å². The fourth-order valence-electron chi connectivity index (χ4n) is 4.67. The van der Waals surface area contributed by atoms with Gasteiger partial charge in [-0.15, -0.1) is 0 Å². The van der Waals surface area contributed by atoms with Crippen LogP contribution in [0.4, 0.5) is 0 Å². The molecule has 0 aromatic heterocycles. The molecule has 1 fully saturated rings. The van der Waals surface area contributed by atoms with E-state index in [0.717, 1.165) is 25.7 Å². The molecule has 136 valence electrons. The highest BCUT2D eigenvalue weighted by molar-refractivity contribution is 5.75. The zero-order valence-corrected chi connectivity index (χ0v) is 15.2. The fourth-order valence-corrected chi connectivity index (χ4v) is 4.67. The highest BCUT2D eigenvalue weighted by Gasteiger charge is 2.52. The molecule has 4 heteroatoms. The van der Waals surface area contributed by atoms with Gasteiger partial charge in [-0.1, -0.05) is 32.1 Å². The highest BCUT2D eigenvalue weighted by Crippen LogP contribution is 2.58. The number of allylic oxidation sites excluding steroid dienone is 2. The summed E-state index contributed by atoms with van der Waals surface area (Å²) in [6.45, 7) is 9.99. The van der Waals surface area contributed by atoms with Crippen molar-refractivity contribution in [3.05, 3.63) is 23.8 Å². The second-order valence-corrected chi connectivity index (χ2v) is 8.23. The molecule has 24 heavy (non-hydrogen) atoms. The number of rotatable bonds is 6. The molecular formula is C20H32O4. The Morgan fingerprint density at radius 1 is 1.42 bits per heavy atom. The first kappa shape index (κ1) is 19.2. The van der Waals surface area contributed by atoms with Gasteiger partial charge in [-0.2, -0.15) is 0 Å². The van der Waals surface area contributed by atoms with Crippen molar-refractivity contribution in [2.45, 2.75) is 65.4 Å². The number of hydrogen-bond acceptors (Lipinski definition) is 3. The summed E-state index contributed by atoms with van der Waals surface area (Å²) in [6, 6.07) is 0. The van der Waals surface area contributed by atoms with E-state index in [1.54, 1.807) is 0 Å². The third-order valence-electron chi connectivity index (χ3n) is 6.91. The maximum atomic E-state index is 11.9. The lowest BCUT2D eigenvalue weighted by Gasteiger charge is -2.52. The lowest BCUT2D eigenvalue weighted by atomic mass is 9.51. The van der Waals surface area contributed by atoms with Crippen molar-refractivity contribution in [3.63, 3.8) is 0 Å². The van der Waals surface area contributed by atoms with Gasteiger partial charge in [0.05, 0.1) is 18.1 Å². The molecule has 2 aliphatic rings. The van der Waals surface area contributed by atoms with Gasteiger partial charge in [0.1, 0.15) is 0 Å². The molecule has 3 N–H and O–H groups in total. The van der Waals surface area contributed by atoms with Crippen molar-refractivity contribution in [2.75, 3.05) is 6.61 Å². The summed E-state index contributed by atoms with van der Waals surface area (Å²) in [5, 5.41) is 28.6. The minimum atomic E-state index is -0.868. The number of aliphatic carboxylic acids is 1. The van der Waals surface area contributed by atoms with Gasteiger partial charge in [0.2, 0.25) is 0 Å². The number of carbonyl (C=O) groups is 1. The van der Waals surface area contributed by atoms with Crippen LogP contribution in [0.5, 0.6) is 0 Å². The Bertz CT molecular complexity index is 538. The number of aliphatic hydroxyl groups excluding tert-OH is 2. The van der Waals surface area contributed by atoms with Crippen LogP contribution in [0.2, 0.25) is 0 Å².